The highest BCUT2D eigenvalue weighted by atomic mass is 16.7. The third-order valence-corrected chi connectivity index (χ3v) is 3.81. The van der Waals surface area contributed by atoms with Gasteiger partial charge in [-0.2, -0.15) is 0 Å². The first kappa shape index (κ1) is 15.0. The minimum Gasteiger partial charge on any atom is -0.454 e. The first-order valence-electron chi connectivity index (χ1n) is 7.53. The van der Waals surface area contributed by atoms with E-state index in [1.165, 1.54) is 6.20 Å². The molecule has 1 aromatic carbocycles. The van der Waals surface area contributed by atoms with Crippen molar-refractivity contribution in [3.8, 4) is 11.5 Å². The average Bonchev–Trinajstić information content (AvgIpc) is 3.28. The van der Waals surface area contributed by atoms with Crippen LogP contribution in [0.15, 0.2) is 53.4 Å². The summed E-state index contributed by atoms with van der Waals surface area (Å²) in [5.74, 6) is 0.987. The summed E-state index contributed by atoms with van der Waals surface area (Å²) in [4.78, 5) is 18.6. The number of rotatable bonds is 4. The van der Waals surface area contributed by atoms with Crippen molar-refractivity contribution >= 4 is 17.5 Å². The Morgan fingerprint density at radius 2 is 2.08 bits per heavy atom. The summed E-state index contributed by atoms with van der Waals surface area (Å²) in [5, 5.41) is 3.57. The van der Waals surface area contributed by atoms with Crippen LogP contribution < -0.4 is 20.1 Å². The van der Waals surface area contributed by atoms with Crippen LogP contribution in [0.1, 0.15) is 15.9 Å². The molecular weight excluding hydrogens is 324 g/mol. The summed E-state index contributed by atoms with van der Waals surface area (Å²) >= 11 is 0. The molecule has 1 amide bonds. The number of nitrogens with two attached hydrogens (primary N) is 1. The molecule has 0 bridgehead atoms. The standard InChI is InChI=1S/C17H14N4O4/c18-16-13(8-20-25-16)17(22)21(12-2-1-5-19-7-12)9-11-3-4-14-15(6-11)24-10-23-14/h1-8H,9-10,18H2. The number of nitrogens with zero attached hydrogens (tertiary/aromatic N) is 3. The Morgan fingerprint density at radius 3 is 2.84 bits per heavy atom. The topological polar surface area (TPSA) is 104 Å². The molecule has 8 heteroatoms. The normalized spacial score (nSPS) is 12.2. The summed E-state index contributed by atoms with van der Waals surface area (Å²) in [6.45, 7) is 0.493. The quantitative estimate of drug-likeness (QED) is 0.778. The van der Waals surface area contributed by atoms with Gasteiger partial charge in [-0.25, -0.2) is 0 Å². The van der Waals surface area contributed by atoms with Gasteiger partial charge in [0.25, 0.3) is 5.91 Å². The summed E-state index contributed by atoms with van der Waals surface area (Å²) < 4.78 is 15.5. The first-order chi connectivity index (χ1) is 12.2. The van der Waals surface area contributed by atoms with Crippen molar-refractivity contribution in [3.05, 3.63) is 60.0 Å². The van der Waals surface area contributed by atoms with Crippen LogP contribution in [-0.4, -0.2) is 22.8 Å². The molecule has 4 rings (SSSR count). The third-order valence-electron chi connectivity index (χ3n) is 3.81. The van der Waals surface area contributed by atoms with Crippen LogP contribution in [0.2, 0.25) is 0 Å². The van der Waals surface area contributed by atoms with Crippen LogP contribution >= 0.6 is 0 Å². The van der Waals surface area contributed by atoms with Gasteiger partial charge in [0.1, 0.15) is 5.56 Å². The van der Waals surface area contributed by atoms with Crippen molar-refractivity contribution in [3.63, 3.8) is 0 Å². The molecule has 2 aromatic heterocycles. The van der Waals surface area contributed by atoms with E-state index >= 15 is 0 Å². The second kappa shape index (κ2) is 6.16. The lowest BCUT2D eigenvalue weighted by atomic mass is 10.1. The zero-order chi connectivity index (χ0) is 17.2. The Balaban J connectivity index is 1.68. The van der Waals surface area contributed by atoms with Crippen LogP contribution in [0.5, 0.6) is 11.5 Å². The Bertz CT molecular complexity index is 910. The minimum atomic E-state index is -0.329. The summed E-state index contributed by atoms with van der Waals surface area (Å²) in [6, 6.07) is 9.09. The molecule has 0 radical (unpaired) electrons. The van der Waals surface area contributed by atoms with Crippen LogP contribution in [0.25, 0.3) is 0 Å². The van der Waals surface area contributed by atoms with E-state index in [9.17, 15) is 4.79 Å². The Labute approximate surface area is 142 Å². The molecule has 0 unspecified atom stereocenters. The van der Waals surface area contributed by atoms with Gasteiger partial charge in [0.2, 0.25) is 12.7 Å². The molecule has 0 atom stereocenters. The van der Waals surface area contributed by atoms with Gasteiger partial charge in [-0.3, -0.25) is 9.78 Å². The fourth-order valence-corrected chi connectivity index (χ4v) is 2.57. The largest absolute Gasteiger partial charge is 0.454 e. The number of pyridine rings is 1. The van der Waals surface area contributed by atoms with Gasteiger partial charge < -0.3 is 24.6 Å². The van der Waals surface area contributed by atoms with Crippen LogP contribution in [-0.2, 0) is 6.54 Å². The number of carbonyl (C=O) groups is 1. The van der Waals surface area contributed by atoms with E-state index in [-0.39, 0.29) is 24.1 Å². The number of anilines is 2. The summed E-state index contributed by atoms with van der Waals surface area (Å²) in [7, 11) is 0. The van der Waals surface area contributed by atoms with E-state index in [1.807, 2.05) is 18.2 Å². The molecule has 0 saturated carbocycles. The fourth-order valence-electron chi connectivity index (χ4n) is 2.57. The lowest BCUT2D eigenvalue weighted by molar-refractivity contribution is 0.0985. The maximum absolute atomic E-state index is 12.9. The Hall–Kier alpha value is -3.55. The predicted molar refractivity (Wildman–Crippen MR) is 88.2 cm³/mol. The van der Waals surface area contributed by atoms with Crippen LogP contribution in [0, 0.1) is 0 Å². The van der Waals surface area contributed by atoms with Crippen LogP contribution in [0.3, 0.4) is 0 Å². The number of hydrogen-bond donors (Lipinski definition) is 1. The average molecular weight is 338 g/mol. The molecule has 0 spiro atoms. The molecule has 0 aliphatic carbocycles. The minimum absolute atomic E-state index is 0.0235. The van der Waals surface area contributed by atoms with Gasteiger partial charge in [0, 0.05) is 6.20 Å². The van der Waals surface area contributed by atoms with E-state index < -0.39 is 0 Å². The number of amides is 1. The number of aromatic nitrogens is 2. The second-order valence-corrected chi connectivity index (χ2v) is 5.39. The van der Waals surface area contributed by atoms with Crippen molar-refractivity contribution in [2.24, 2.45) is 0 Å². The molecule has 3 aromatic rings. The second-order valence-electron chi connectivity index (χ2n) is 5.39. The smallest absolute Gasteiger partial charge is 0.265 e. The van der Waals surface area contributed by atoms with Gasteiger partial charge in [-0.05, 0) is 29.8 Å². The highest BCUT2D eigenvalue weighted by Crippen LogP contribution is 2.33. The zero-order valence-electron chi connectivity index (χ0n) is 13.1. The van der Waals surface area contributed by atoms with Crippen molar-refractivity contribution in [1.29, 1.82) is 0 Å². The Kier molecular flexibility index (Phi) is 3.70. The van der Waals surface area contributed by atoms with Crippen molar-refractivity contribution in [1.82, 2.24) is 10.1 Å². The lowest BCUT2D eigenvalue weighted by Gasteiger charge is -2.22. The van der Waals surface area contributed by atoms with Crippen LogP contribution in [0.4, 0.5) is 11.6 Å². The SMILES string of the molecule is Nc1oncc1C(=O)N(Cc1ccc2c(c1)OCO2)c1cccnc1. The van der Waals surface area contributed by atoms with Gasteiger partial charge in [-0.1, -0.05) is 11.2 Å². The Morgan fingerprint density at radius 1 is 1.20 bits per heavy atom. The molecule has 1 aliphatic rings. The maximum Gasteiger partial charge on any atom is 0.265 e. The number of hydrogen-bond acceptors (Lipinski definition) is 7. The van der Waals surface area contributed by atoms with Gasteiger partial charge >= 0.3 is 0 Å². The number of fused-ring (bicyclic) bond motifs is 1. The molecule has 8 nitrogen and oxygen atoms in total. The molecule has 3 heterocycles. The molecule has 0 fully saturated rings. The van der Waals surface area contributed by atoms with Crippen molar-refractivity contribution < 1.29 is 18.8 Å². The lowest BCUT2D eigenvalue weighted by Crippen LogP contribution is -2.30. The highest BCUT2D eigenvalue weighted by Gasteiger charge is 2.24. The number of benzene rings is 1. The first-order valence-corrected chi connectivity index (χ1v) is 7.53. The van der Waals surface area contributed by atoms with Gasteiger partial charge in [0.15, 0.2) is 11.5 Å². The number of nitrogen functional groups attached to an aromatic ring is 1. The molecule has 1 aliphatic heterocycles. The molecule has 25 heavy (non-hydrogen) atoms. The molecule has 126 valence electrons. The maximum atomic E-state index is 12.9. The van der Waals surface area contributed by atoms with E-state index in [0.717, 1.165) is 5.56 Å². The third kappa shape index (κ3) is 2.85. The number of carbonyl (C=O) groups excluding carboxylic acids is 1. The van der Waals surface area contributed by atoms with Crippen molar-refractivity contribution in [2.45, 2.75) is 6.54 Å². The van der Waals surface area contributed by atoms with E-state index in [1.54, 1.807) is 29.4 Å². The van der Waals surface area contributed by atoms with E-state index in [4.69, 9.17) is 19.7 Å². The fraction of sp³-hybridized carbons (Fsp3) is 0.118. The molecule has 0 saturated heterocycles. The van der Waals surface area contributed by atoms with Crippen molar-refractivity contribution in [2.75, 3.05) is 17.4 Å². The summed E-state index contributed by atoms with van der Waals surface area (Å²) in [6.07, 6.45) is 4.55. The zero-order valence-corrected chi connectivity index (χ0v) is 13.1. The van der Waals surface area contributed by atoms with Gasteiger partial charge in [0.05, 0.1) is 24.6 Å². The van der Waals surface area contributed by atoms with E-state index in [0.29, 0.717) is 23.7 Å². The molecule has 2 N–H and O–H groups in total. The monoisotopic (exact) mass is 338 g/mol. The highest BCUT2D eigenvalue weighted by molar-refractivity contribution is 6.08. The summed E-state index contributed by atoms with van der Waals surface area (Å²) in [5.41, 5.74) is 7.40. The predicted octanol–water partition coefficient (Wildman–Crippen LogP) is 2.23. The number of ether oxygens (including phenoxy) is 2. The van der Waals surface area contributed by atoms with E-state index in [2.05, 4.69) is 10.1 Å². The molecular formula is C17H14N4O4. The van der Waals surface area contributed by atoms with Gasteiger partial charge in [-0.15, -0.1) is 0 Å².